The summed E-state index contributed by atoms with van der Waals surface area (Å²) in [5.74, 6) is 0.658. The van der Waals surface area contributed by atoms with Gasteiger partial charge in [-0.1, -0.05) is 13.0 Å². The second kappa shape index (κ2) is 5.02. The molecule has 3 heteroatoms. The van der Waals surface area contributed by atoms with Gasteiger partial charge in [-0.05, 0) is 18.9 Å². The van der Waals surface area contributed by atoms with Crippen molar-refractivity contribution >= 4 is 5.91 Å². The maximum absolute atomic E-state index is 11.2. The van der Waals surface area contributed by atoms with Crippen LogP contribution >= 0.6 is 0 Å². The lowest BCUT2D eigenvalue weighted by atomic mass is 9.95. The third-order valence-corrected chi connectivity index (χ3v) is 2.50. The Balaban J connectivity index is 2.33. The molecule has 1 aliphatic rings. The van der Waals surface area contributed by atoms with E-state index in [2.05, 4.69) is 24.1 Å². The second-order valence-electron chi connectivity index (χ2n) is 3.64. The molecule has 0 radical (unpaired) electrons. The molecule has 0 aromatic heterocycles. The first-order valence-electron chi connectivity index (χ1n) is 4.85. The normalized spacial score (nSPS) is 28.1. The van der Waals surface area contributed by atoms with Gasteiger partial charge in [0, 0.05) is 19.0 Å². The predicted molar refractivity (Wildman–Crippen MR) is 53.4 cm³/mol. The van der Waals surface area contributed by atoms with Gasteiger partial charge in [0.05, 0.1) is 0 Å². The van der Waals surface area contributed by atoms with Gasteiger partial charge in [-0.3, -0.25) is 4.79 Å². The first-order chi connectivity index (χ1) is 6.24. The third-order valence-electron chi connectivity index (χ3n) is 2.50. The molecule has 2 N–H and O–H groups in total. The minimum atomic E-state index is 0.0792. The van der Waals surface area contributed by atoms with E-state index in [-0.39, 0.29) is 5.91 Å². The van der Waals surface area contributed by atoms with Crippen molar-refractivity contribution in [2.24, 2.45) is 5.92 Å². The maximum Gasteiger partial charge on any atom is 0.224 e. The van der Waals surface area contributed by atoms with Gasteiger partial charge in [-0.2, -0.15) is 0 Å². The summed E-state index contributed by atoms with van der Waals surface area (Å²) in [6.45, 7) is 7.67. The number of nitrogens with one attached hydrogen (secondary N) is 2. The Morgan fingerprint density at radius 2 is 2.54 bits per heavy atom. The van der Waals surface area contributed by atoms with Crippen molar-refractivity contribution in [3.8, 4) is 0 Å². The highest BCUT2D eigenvalue weighted by molar-refractivity contribution is 5.77. The lowest BCUT2D eigenvalue weighted by molar-refractivity contribution is -0.121. The second-order valence-corrected chi connectivity index (χ2v) is 3.64. The number of hydrogen-bond acceptors (Lipinski definition) is 2. The number of hydrogen-bond donors (Lipinski definition) is 2. The van der Waals surface area contributed by atoms with Gasteiger partial charge >= 0.3 is 0 Å². The fraction of sp³-hybridized carbons (Fsp3) is 0.700. The smallest absolute Gasteiger partial charge is 0.224 e. The zero-order valence-corrected chi connectivity index (χ0v) is 8.18. The van der Waals surface area contributed by atoms with Gasteiger partial charge in [-0.25, -0.2) is 0 Å². The summed E-state index contributed by atoms with van der Waals surface area (Å²) < 4.78 is 0. The van der Waals surface area contributed by atoms with Gasteiger partial charge in [-0.15, -0.1) is 6.58 Å². The zero-order valence-electron chi connectivity index (χ0n) is 8.18. The van der Waals surface area contributed by atoms with Crippen molar-refractivity contribution in [1.29, 1.82) is 0 Å². The van der Waals surface area contributed by atoms with Crippen molar-refractivity contribution in [3.63, 3.8) is 0 Å². The van der Waals surface area contributed by atoms with Gasteiger partial charge in [0.1, 0.15) is 0 Å². The molecule has 13 heavy (non-hydrogen) atoms. The van der Waals surface area contributed by atoms with Gasteiger partial charge in [0.25, 0.3) is 0 Å². The number of amides is 1. The molecular formula is C10H18N2O. The standard InChI is InChI=1S/C10H18N2O/c1-3-4-10(13)12-9-7-11-6-5-8(9)2/h3,8-9,11H,1,4-7H2,2H3,(H,12,13). The summed E-state index contributed by atoms with van der Waals surface area (Å²) in [5.41, 5.74) is 0. The average molecular weight is 182 g/mol. The molecule has 0 aliphatic carbocycles. The van der Waals surface area contributed by atoms with E-state index in [9.17, 15) is 4.79 Å². The summed E-state index contributed by atoms with van der Waals surface area (Å²) in [4.78, 5) is 11.2. The highest BCUT2D eigenvalue weighted by atomic mass is 16.1. The van der Waals surface area contributed by atoms with Crippen LogP contribution in [-0.2, 0) is 4.79 Å². The molecule has 0 aromatic carbocycles. The molecule has 1 rings (SSSR count). The average Bonchev–Trinajstić information content (AvgIpc) is 2.09. The summed E-state index contributed by atoms with van der Waals surface area (Å²) in [5, 5.41) is 6.27. The molecule has 1 amide bonds. The summed E-state index contributed by atoms with van der Waals surface area (Å²) >= 11 is 0. The SMILES string of the molecule is C=CCC(=O)NC1CNCCC1C. The van der Waals surface area contributed by atoms with Crippen molar-refractivity contribution in [2.45, 2.75) is 25.8 Å². The Bertz CT molecular complexity index is 191. The topological polar surface area (TPSA) is 41.1 Å². The van der Waals surface area contributed by atoms with E-state index >= 15 is 0 Å². The van der Waals surface area contributed by atoms with E-state index in [1.165, 1.54) is 0 Å². The molecule has 2 unspecified atom stereocenters. The quantitative estimate of drug-likeness (QED) is 0.630. The van der Waals surface area contributed by atoms with Crippen molar-refractivity contribution < 1.29 is 4.79 Å². The van der Waals surface area contributed by atoms with Crippen LogP contribution in [0.15, 0.2) is 12.7 Å². The van der Waals surface area contributed by atoms with E-state index in [0.717, 1.165) is 19.5 Å². The van der Waals surface area contributed by atoms with Gasteiger partial charge < -0.3 is 10.6 Å². The molecule has 1 heterocycles. The van der Waals surface area contributed by atoms with Crippen LogP contribution in [0.1, 0.15) is 19.8 Å². The van der Waals surface area contributed by atoms with E-state index < -0.39 is 0 Å². The van der Waals surface area contributed by atoms with Crippen LogP contribution in [0.3, 0.4) is 0 Å². The highest BCUT2D eigenvalue weighted by Crippen LogP contribution is 2.10. The monoisotopic (exact) mass is 182 g/mol. The Hall–Kier alpha value is -0.830. The van der Waals surface area contributed by atoms with E-state index in [4.69, 9.17) is 0 Å². The molecule has 0 spiro atoms. The van der Waals surface area contributed by atoms with Crippen molar-refractivity contribution in [2.75, 3.05) is 13.1 Å². The third kappa shape index (κ3) is 3.19. The van der Waals surface area contributed by atoms with Crippen LogP contribution in [0.25, 0.3) is 0 Å². The van der Waals surface area contributed by atoms with Crippen molar-refractivity contribution in [1.82, 2.24) is 10.6 Å². The zero-order chi connectivity index (χ0) is 9.68. The molecule has 0 aromatic rings. The minimum absolute atomic E-state index is 0.0792. The number of rotatable bonds is 3. The molecule has 1 saturated heterocycles. The molecular weight excluding hydrogens is 164 g/mol. The Morgan fingerprint density at radius 1 is 1.77 bits per heavy atom. The summed E-state index contributed by atoms with van der Waals surface area (Å²) in [6.07, 6.45) is 3.19. The van der Waals surface area contributed by atoms with Crippen LogP contribution in [0, 0.1) is 5.92 Å². The molecule has 3 nitrogen and oxygen atoms in total. The summed E-state index contributed by atoms with van der Waals surface area (Å²) in [7, 11) is 0. The van der Waals surface area contributed by atoms with Crippen LogP contribution < -0.4 is 10.6 Å². The first-order valence-corrected chi connectivity index (χ1v) is 4.85. The Labute approximate surface area is 79.6 Å². The highest BCUT2D eigenvalue weighted by Gasteiger charge is 2.21. The van der Waals surface area contributed by atoms with Crippen LogP contribution in [0.5, 0.6) is 0 Å². The fourth-order valence-corrected chi connectivity index (χ4v) is 1.58. The van der Waals surface area contributed by atoms with E-state index in [1.54, 1.807) is 6.08 Å². The summed E-state index contributed by atoms with van der Waals surface area (Å²) in [6, 6.07) is 0.293. The van der Waals surface area contributed by atoms with Crippen LogP contribution in [0.4, 0.5) is 0 Å². The van der Waals surface area contributed by atoms with E-state index in [1.807, 2.05) is 0 Å². The maximum atomic E-state index is 11.2. The lowest BCUT2D eigenvalue weighted by Gasteiger charge is -2.30. The van der Waals surface area contributed by atoms with Crippen LogP contribution in [-0.4, -0.2) is 25.0 Å². The number of piperidine rings is 1. The molecule has 2 atom stereocenters. The molecule has 1 aliphatic heterocycles. The number of carbonyl (C=O) groups excluding carboxylic acids is 1. The number of carbonyl (C=O) groups is 1. The van der Waals surface area contributed by atoms with Gasteiger partial charge in [0.2, 0.25) is 5.91 Å². The molecule has 1 fully saturated rings. The first kappa shape index (κ1) is 10.3. The van der Waals surface area contributed by atoms with Crippen LogP contribution in [0.2, 0.25) is 0 Å². The molecule has 0 bridgehead atoms. The molecule has 74 valence electrons. The fourth-order valence-electron chi connectivity index (χ4n) is 1.58. The Kier molecular flexibility index (Phi) is 3.96. The largest absolute Gasteiger partial charge is 0.352 e. The Morgan fingerprint density at radius 3 is 3.15 bits per heavy atom. The lowest BCUT2D eigenvalue weighted by Crippen LogP contribution is -2.50. The van der Waals surface area contributed by atoms with Gasteiger partial charge in [0.15, 0.2) is 0 Å². The minimum Gasteiger partial charge on any atom is -0.352 e. The van der Waals surface area contributed by atoms with Crippen molar-refractivity contribution in [3.05, 3.63) is 12.7 Å². The molecule has 0 saturated carbocycles. The van der Waals surface area contributed by atoms with E-state index in [0.29, 0.717) is 18.4 Å². The predicted octanol–water partition coefficient (Wildman–Crippen LogP) is 0.677.